The first-order valence-corrected chi connectivity index (χ1v) is 9.78. The molecule has 0 atom stereocenters. The molecule has 0 spiro atoms. The van der Waals surface area contributed by atoms with E-state index in [9.17, 15) is 9.59 Å². The van der Waals surface area contributed by atoms with Crippen LogP contribution < -0.4 is 14.8 Å². The van der Waals surface area contributed by atoms with Gasteiger partial charge in [-0.25, -0.2) is 4.79 Å². The Kier molecular flexibility index (Phi) is 6.51. The van der Waals surface area contributed by atoms with E-state index in [0.717, 1.165) is 10.4 Å². The van der Waals surface area contributed by atoms with Gasteiger partial charge in [-0.15, -0.1) is 11.3 Å². The minimum absolute atomic E-state index is 0.245. The number of carbonyl (C=O) groups is 2. The van der Waals surface area contributed by atoms with E-state index in [2.05, 4.69) is 5.32 Å². The lowest BCUT2D eigenvalue weighted by molar-refractivity contribution is 0.0533. The molecule has 3 aromatic rings. The van der Waals surface area contributed by atoms with Gasteiger partial charge in [-0.1, -0.05) is 30.3 Å². The van der Waals surface area contributed by atoms with Crippen LogP contribution in [-0.4, -0.2) is 32.7 Å². The highest BCUT2D eigenvalue weighted by molar-refractivity contribution is 7.18. The first-order valence-electron chi connectivity index (χ1n) is 8.97. The summed E-state index contributed by atoms with van der Waals surface area (Å²) in [6.45, 7) is 1.98. The lowest BCUT2D eigenvalue weighted by Gasteiger charge is -2.11. The van der Waals surface area contributed by atoms with Crippen molar-refractivity contribution in [2.45, 2.75) is 6.92 Å². The molecule has 0 saturated heterocycles. The van der Waals surface area contributed by atoms with Crippen molar-refractivity contribution in [3.63, 3.8) is 0 Å². The van der Waals surface area contributed by atoms with Crippen LogP contribution in [0.5, 0.6) is 11.5 Å². The van der Waals surface area contributed by atoms with Gasteiger partial charge in [0.25, 0.3) is 5.91 Å². The molecule has 0 radical (unpaired) electrons. The number of esters is 1. The quantitative estimate of drug-likeness (QED) is 0.562. The summed E-state index contributed by atoms with van der Waals surface area (Å²) in [6.07, 6.45) is 0. The highest BCUT2D eigenvalue weighted by Crippen LogP contribution is 2.36. The van der Waals surface area contributed by atoms with Crippen LogP contribution in [0.1, 0.15) is 27.0 Å². The number of anilines is 1. The van der Waals surface area contributed by atoms with Crippen molar-refractivity contribution in [1.82, 2.24) is 0 Å². The molecule has 7 heteroatoms. The van der Waals surface area contributed by atoms with Crippen molar-refractivity contribution >= 4 is 28.9 Å². The summed E-state index contributed by atoms with van der Waals surface area (Å²) in [7, 11) is 3.01. The summed E-state index contributed by atoms with van der Waals surface area (Å²) in [5, 5.41) is 2.82. The van der Waals surface area contributed by atoms with E-state index in [4.69, 9.17) is 14.2 Å². The average Bonchev–Trinajstić information content (AvgIpc) is 3.18. The van der Waals surface area contributed by atoms with E-state index in [-0.39, 0.29) is 6.61 Å². The number of thiophene rings is 1. The van der Waals surface area contributed by atoms with Gasteiger partial charge < -0.3 is 19.5 Å². The van der Waals surface area contributed by atoms with E-state index in [1.165, 1.54) is 25.6 Å². The van der Waals surface area contributed by atoms with Gasteiger partial charge >= 0.3 is 5.97 Å². The standard InChI is InChI=1S/C22H21NO5S/c1-4-28-22(25)20-17(13-19(29-20)14-8-6-5-7-9-14)23-21(24)16-12-15(26-2)10-11-18(16)27-3/h5-13H,4H2,1-3H3,(H,23,24). The number of amides is 1. The average molecular weight is 411 g/mol. The molecule has 3 rings (SSSR count). The zero-order valence-electron chi connectivity index (χ0n) is 16.4. The summed E-state index contributed by atoms with van der Waals surface area (Å²) in [4.78, 5) is 26.6. The van der Waals surface area contributed by atoms with Gasteiger partial charge in [0, 0.05) is 4.88 Å². The van der Waals surface area contributed by atoms with Crippen LogP contribution in [0.2, 0.25) is 0 Å². The number of rotatable bonds is 7. The molecule has 0 saturated carbocycles. The lowest BCUT2D eigenvalue weighted by Crippen LogP contribution is -2.15. The van der Waals surface area contributed by atoms with Crippen molar-refractivity contribution in [3.8, 4) is 21.9 Å². The van der Waals surface area contributed by atoms with E-state index in [1.54, 1.807) is 31.2 Å². The monoisotopic (exact) mass is 411 g/mol. The number of methoxy groups -OCH3 is 2. The van der Waals surface area contributed by atoms with E-state index in [0.29, 0.717) is 27.6 Å². The maximum atomic E-state index is 12.9. The first kappa shape index (κ1) is 20.4. The largest absolute Gasteiger partial charge is 0.497 e. The molecule has 150 valence electrons. The highest BCUT2D eigenvalue weighted by atomic mass is 32.1. The second-order valence-corrected chi connectivity index (χ2v) is 7.01. The maximum absolute atomic E-state index is 12.9. The van der Waals surface area contributed by atoms with Gasteiger partial charge in [0.2, 0.25) is 0 Å². The second-order valence-electron chi connectivity index (χ2n) is 5.96. The predicted molar refractivity (Wildman–Crippen MR) is 113 cm³/mol. The van der Waals surface area contributed by atoms with Gasteiger partial charge in [0.1, 0.15) is 16.4 Å². The molecule has 0 bridgehead atoms. The Hall–Kier alpha value is -3.32. The molecule has 1 heterocycles. The SMILES string of the molecule is CCOC(=O)c1sc(-c2ccccc2)cc1NC(=O)c1cc(OC)ccc1OC. The number of hydrogen-bond donors (Lipinski definition) is 1. The van der Waals surface area contributed by atoms with E-state index >= 15 is 0 Å². The van der Waals surface area contributed by atoms with Crippen molar-refractivity contribution in [3.05, 3.63) is 65.0 Å². The molecular weight excluding hydrogens is 390 g/mol. The van der Waals surface area contributed by atoms with Crippen LogP contribution in [0, 0.1) is 0 Å². The molecule has 0 aliphatic heterocycles. The maximum Gasteiger partial charge on any atom is 0.350 e. The molecule has 1 N–H and O–H groups in total. The minimum Gasteiger partial charge on any atom is -0.497 e. The van der Waals surface area contributed by atoms with Crippen LogP contribution in [0.25, 0.3) is 10.4 Å². The Balaban J connectivity index is 1.98. The number of ether oxygens (including phenoxy) is 3. The molecule has 0 fully saturated rings. The van der Waals surface area contributed by atoms with Gasteiger partial charge in [-0.05, 0) is 36.8 Å². The summed E-state index contributed by atoms with van der Waals surface area (Å²) in [5.74, 6) is 0.0349. The molecule has 29 heavy (non-hydrogen) atoms. The third-order valence-electron chi connectivity index (χ3n) is 4.15. The topological polar surface area (TPSA) is 73.9 Å². The molecule has 0 aliphatic rings. The Bertz CT molecular complexity index is 1010. The third-order valence-corrected chi connectivity index (χ3v) is 5.31. The molecular formula is C22H21NO5S. The molecule has 0 unspecified atom stereocenters. The van der Waals surface area contributed by atoms with Crippen LogP contribution in [0.15, 0.2) is 54.6 Å². The van der Waals surface area contributed by atoms with E-state index < -0.39 is 11.9 Å². The fourth-order valence-corrected chi connectivity index (χ4v) is 3.77. The number of benzene rings is 2. The van der Waals surface area contributed by atoms with Crippen molar-refractivity contribution in [1.29, 1.82) is 0 Å². The zero-order valence-corrected chi connectivity index (χ0v) is 17.2. The summed E-state index contributed by atoms with van der Waals surface area (Å²) in [6, 6.07) is 16.4. The molecule has 6 nitrogen and oxygen atoms in total. The Labute approximate surface area is 173 Å². The number of hydrogen-bond acceptors (Lipinski definition) is 6. The zero-order chi connectivity index (χ0) is 20.8. The van der Waals surface area contributed by atoms with Crippen molar-refractivity contribution < 1.29 is 23.8 Å². The fraction of sp³-hybridized carbons (Fsp3) is 0.182. The van der Waals surface area contributed by atoms with Crippen molar-refractivity contribution in [2.75, 3.05) is 26.1 Å². The predicted octanol–water partition coefficient (Wildman–Crippen LogP) is 4.86. The Morgan fingerprint density at radius 2 is 1.76 bits per heavy atom. The van der Waals surface area contributed by atoms with Crippen LogP contribution in [0.3, 0.4) is 0 Å². The van der Waals surface area contributed by atoms with Crippen LogP contribution >= 0.6 is 11.3 Å². The molecule has 1 aromatic heterocycles. The normalized spacial score (nSPS) is 10.3. The van der Waals surface area contributed by atoms with Gasteiger partial charge in [-0.2, -0.15) is 0 Å². The number of carbonyl (C=O) groups excluding carboxylic acids is 2. The fourth-order valence-electron chi connectivity index (χ4n) is 2.76. The highest BCUT2D eigenvalue weighted by Gasteiger charge is 2.22. The summed E-state index contributed by atoms with van der Waals surface area (Å²) < 4.78 is 15.7. The van der Waals surface area contributed by atoms with Crippen LogP contribution in [0.4, 0.5) is 5.69 Å². The third kappa shape index (κ3) is 4.57. The Morgan fingerprint density at radius 3 is 2.41 bits per heavy atom. The summed E-state index contributed by atoms with van der Waals surface area (Å²) >= 11 is 1.27. The second kappa shape index (κ2) is 9.25. The first-order chi connectivity index (χ1) is 14.1. The Morgan fingerprint density at radius 1 is 1.00 bits per heavy atom. The minimum atomic E-state index is -0.479. The molecule has 1 amide bonds. The molecule has 2 aromatic carbocycles. The van der Waals surface area contributed by atoms with Crippen molar-refractivity contribution in [2.24, 2.45) is 0 Å². The van der Waals surface area contributed by atoms with Gasteiger partial charge in [0.05, 0.1) is 32.1 Å². The van der Waals surface area contributed by atoms with Gasteiger partial charge in [-0.3, -0.25) is 4.79 Å². The van der Waals surface area contributed by atoms with Gasteiger partial charge in [0.15, 0.2) is 0 Å². The molecule has 0 aliphatic carbocycles. The van der Waals surface area contributed by atoms with E-state index in [1.807, 2.05) is 30.3 Å². The van der Waals surface area contributed by atoms with Crippen LogP contribution in [-0.2, 0) is 4.74 Å². The summed E-state index contributed by atoms with van der Waals surface area (Å²) in [5.41, 5.74) is 1.64. The smallest absolute Gasteiger partial charge is 0.350 e. The number of nitrogens with one attached hydrogen (secondary N) is 1. The lowest BCUT2D eigenvalue weighted by atomic mass is 10.1.